The lowest BCUT2D eigenvalue weighted by Crippen LogP contribution is -2.45. The van der Waals surface area contributed by atoms with Gasteiger partial charge >= 0.3 is 0 Å². The number of fused-ring (bicyclic) bond motifs is 4. The molecule has 1 fully saturated rings. The summed E-state index contributed by atoms with van der Waals surface area (Å²) in [7, 11) is 0. The number of aromatic nitrogens is 2. The molecule has 0 saturated heterocycles. The smallest absolute Gasteiger partial charge is 0.153 e. The van der Waals surface area contributed by atoms with E-state index in [1.54, 1.807) is 0 Å². The van der Waals surface area contributed by atoms with Crippen molar-refractivity contribution in [2.24, 2.45) is 0 Å². The van der Waals surface area contributed by atoms with E-state index in [-0.39, 0.29) is 11.6 Å². The van der Waals surface area contributed by atoms with E-state index in [2.05, 4.69) is 24.8 Å². The number of furan rings is 1. The van der Waals surface area contributed by atoms with Gasteiger partial charge in [-0.2, -0.15) is 0 Å². The van der Waals surface area contributed by atoms with Gasteiger partial charge in [0.15, 0.2) is 5.58 Å². The van der Waals surface area contributed by atoms with E-state index in [1.165, 1.54) is 30.4 Å². The maximum atomic E-state index is 6.31. The molecule has 3 aromatic rings. The lowest BCUT2D eigenvalue weighted by atomic mass is 9.77. The fourth-order valence-electron chi connectivity index (χ4n) is 5.04. The van der Waals surface area contributed by atoms with E-state index >= 15 is 0 Å². The van der Waals surface area contributed by atoms with Crippen molar-refractivity contribution in [1.29, 1.82) is 0 Å². The Hall–Kier alpha value is -2.36. The molecule has 3 aromatic heterocycles. The van der Waals surface area contributed by atoms with Gasteiger partial charge in [-0.15, -0.1) is 0 Å². The Morgan fingerprint density at radius 2 is 1.84 bits per heavy atom. The van der Waals surface area contributed by atoms with Crippen molar-refractivity contribution in [3.8, 4) is 0 Å². The minimum absolute atomic E-state index is 0.0360. The van der Waals surface area contributed by atoms with Crippen LogP contribution < -0.4 is 4.90 Å². The minimum Gasteiger partial charge on any atom is -0.457 e. The van der Waals surface area contributed by atoms with Gasteiger partial charge < -0.3 is 9.32 Å². The Morgan fingerprint density at radius 3 is 2.64 bits per heavy atom. The van der Waals surface area contributed by atoms with Crippen molar-refractivity contribution in [2.45, 2.75) is 57.5 Å². The predicted octanol–water partition coefficient (Wildman–Crippen LogP) is 5.27. The van der Waals surface area contributed by atoms with Gasteiger partial charge in [0.25, 0.3) is 0 Å². The molecule has 1 aliphatic heterocycles. The van der Waals surface area contributed by atoms with Crippen LogP contribution in [0.1, 0.15) is 62.0 Å². The average molecular weight is 333 g/mol. The molecule has 0 radical (unpaired) electrons. The highest BCUT2D eigenvalue weighted by Gasteiger charge is 2.53. The summed E-state index contributed by atoms with van der Waals surface area (Å²) in [5.74, 6) is 2.17. The first kappa shape index (κ1) is 14.9. The number of rotatable bonds is 1. The van der Waals surface area contributed by atoms with Crippen LogP contribution in [-0.4, -0.2) is 9.97 Å². The second kappa shape index (κ2) is 5.32. The standard InChI is InChI=1S/C21H23N3O/c1-14-8-6-13-23-20(14)24-15(2)19-17(21(24)10-4-3-5-11-21)18-16(25-19)9-7-12-22-18/h6-9,12-13,15H,3-5,10-11H2,1-2H3. The molecule has 0 N–H and O–H groups in total. The summed E-state index contributed by atoms with van der Waals surface area (Å²) < 4.78 is 6.31. The summed E-state index contributed by atoms with van der Waals surface area (Å²) in [5.41, 5.74) is 4.47. The van der Waals surface area contributed by atoms with Gasteiger partial charge in [-0.3, -0.25) is 4.98 Å². The predicted molar refractivity (Wildman–Crippen MR) is 98.6 cm³/mol. The molecule has 1 saturated carbocycles. The Balaban J connectivity index is 1.79. The molecular weight excluding hydrogens is 310 g/mol. The van der Waals surface area contributed by atoms with Crippen LogP contribution >= 0.6 is 0 Å². The zero-order valence-electron chi connectivity index (χ0n) is 14.8. The molecule has 0 aromatic carbocycles. The largest absolute Gasteiger partial charge is 0.457 e. The quantitative estimate of drug-likeness (QED) is 0.608. The molecule has 0 bridgehead atoms. The normalized spacial score (nSPS) is 21.8. The summed E-state index contributed by atoms with van der Waals surface area (Å²) in [6, 6.07) is 8.35. The van der Waals surface area contributed by atoms with Crippen LogP contribution in [0.4, 0.5) is 5.82 Å². The van der Waals surface area contributed by atoms with E-state index in [1.807, 2.05) is 30.6 Å². The lowest BCUT2D eigenvalue weighted by molar-refractivity contribution is 0.283. The lowest BCUT2D eigenvalue weighted by Gasteiger charge is -2.44. The molecule has 128 valence electrons. The van der Waals surface area contributed by atoms with Gasteiger partial charge in [-0.05, 0) is 50.5 Å². The number of aryl methyl sites for hydroxylation is 1. The first-order valence-corrected chi connectivity index (χ1v) is 9.31. The van der Waals surface area contributed by atoms with Gasteiger partial charge in [0.05, 0.1) is 11.6 Å². The van der Waals surface area contributed by atoms with Crippen molar-refractivity contribution in [3.05, 3.63) is 53.5 Å². The van der Waals surface area contributed by atoms with Crippen LogP contribution in [0.2, 0.25) is 0 Å². The fraction of sp³-hybridized carbons (Fsp3) is 0.429. The molecule has 2 aliphatic rings. The average Bonchev–Trinajstić information content (AvgIpc) is 3.13. The molecule has 25 heavy (non-hydrogen) atoms. The van der Waals surface area contributed by atoms with Crippen LogP contribution in [0.3, 0.4) is 0 Å². The fourth-order valence-corrected chi connectivity index (χ4v) is 5.04. The van der Waals surface area contributed by atoms with Crippen LogP contribution in [-0.2, 0) is 5.54 Å². The van der Waals surface area contributed by atoms with Crippen molar-refractivity contribution in [1.82, 2.24) is 9.97 Å². The summed E-state index contributed by atoms with van der Waals surface area (Å²) in [6.45, 7) is 4.40. The Kier molecular flexibility index (Phi) is 3.18. The number of hydrogen-bond donors (Lipinski definition) is 0. The Morgan fingerprint density at radius 1 is 1.08 bits per heavy atom. The second-order valence-electron chi connectivity index (χ2n) is 7.47. The van der Waals surface area contributed by atoms with Crippen LogP contribution in [0.15, 0.2) is 41.1 Å². The second-order valence-corrected chi connectivity index (χ2v) is 7.47. The third-order valence-corrected chi connectivity index (χ3v) is 6.06. The van der Waals surface area contributed by atoms with E-state index in [9.17, 15) is 0 Å². The molecule has 0 amide bonds. The highest BCUT2D eigenvalue weighted by Crippen LogP contribution is 2.57. The monoisotopic (exact) mass is 333 g/mol. The zero-order chi connectivity index (χ0) is 17.0. The number of anilines is 1. The van der Waals surface area contributed by atoms with Crippen LogP contribution in [0.25, 0.3) is 11.1 Å². The maximum Gasteiger partial charge on any atom is 0.153 e. The summed E-state index contributed by atoms with van der Waals surface area (Å²) in [5, 5.41) is 0. The molecule has 1 unspecified atom stereocenters. The number of pyridine rings is 2. The van der Waals surface area contributed by atoms with Crippen LogP contribution in [0, 0.1) is 6.92 Å². The maximum absolute atomic E-state index is 6.31. The summed E-state index contributed by atoms with van der Waals surface area (Å²) >= 11 is 0. The molecule has 4 nitrogen and oxygen atoms in total. The minimum atomic E-state index is -0.0360. The van der Waals surface area contributed by atoms with Gasteiger partial charge in [0.2, 0.25) is 0 Å². The topological polar surface area (TPSA) is 42.2 Å². The van der Waals surface area contributed by atoms with E-state index in [4.69, 9.17) is 14.4 Å². The molecule has 1 aliphatic carbocycles. The van der Waals surface area contributed by atoms with Crippen LogP contribution in [0.5, 0.6) is 0 Å². The summed E-state index contributed by atoms with van der Waals surface area (Å²) in [6.07, 6.45) is 9.87. The van der Waals surface area contributed by atoms with Gasteiger partial charge in [-0.25, -0.2) is 4.98 Å². The Bertz CT molecular complexity index is 939. The molecule has 1 atom stereocenters. The van der Waals surface area contributed by atoms with Crippen molar-refractivity contribution in [2.75, 3.05) is 4.90 Å². The molecule has 5 rings (SSSR count). The zero-order valence-corrected chi connectivity index (χ0v) is 14.8. The summed E-state index contributed by atoms with van der Waals surface area (Å²) in [4.78, 5) is 12.0. The van der Waals surface area contributed by atoms with Crippen molar-refractivity contribution >= 4 is 16.9 Å². The molecule has 4 heteroatoms. The van der Waals surface area contributed by atoms with E-state index in [0.717, 1.165) is 35.5 Å². The van der Waals surface area contributed by atoms with Gasteiger partial charge in [0, 0.05) is 18.0 Å². The SMILES string of the molecule is Cc1cccnc1N1C(C)c2oc3cccnc3c2C12CCCCC2. The third-order valence-electron chi connectivity index (χ3n) is 6.06. The highest BCUT2D eigenvalue weighted by molar-refractivity contribution is 5.82. The molecule has 1 spiro atoms. The molecule has 4 heterocycles. The Labute approximate surface area is 147 Å². The first-order chi connectivity index (χ1) is 12.2. The van der Waals surface area contributed by atoms with Gasteiger partial charge in [-0.1, -0.05) is 25.3 Å². The van der Waals surface area contributed by atoms with Gasteiger partial charge in [0.1, 0.15) is 17.1 Å². The van der Waals surface area contributed by atoms with Crippen molar-refractivity contribution < 1.29 is 4.42 Å². The van der Waals surface area contributed by atoms with E-state index < -0.39 is 0 Å². The first-order valence-electron chi connectivity index (χ1n) is 9.31. The van der Waals surface area contributed by atoms with E-state index in [0.29, 0.717) is 0 Å². The number of nitrogens with zero attached hydrogens (tertiary/aromatic N) is 3. The third kappa shape index (κ3) is 1.94. The molecular formula is C21H23N3O. The van der Waals surface area contributed by atoms with Crippen molar-refractivity contribution in [3.63, 3.8) is 0 Å². The highest BCUT2D eigenvalue weighted by atomic mass is 16.3. The number of hydrogen-bond acceptors (Lipinski definition) is 4.